The van der Waals surface area contributed by atoms with E-state index in [0.717, 1.165) is 47.7 Å². The number of rotatable bonds is 4. The highest BCUT2D eigenvalue weighted by molar-refractivity contribution is 6.31. The Hall–Kier alpha value is -2.92. The van der Waals surface area contributed by atoms with Gasteiger partial charge in [-0.1, -0.05) is 48.0 Å². The predicted molar refractivity (Wildman–Crippen MR) is 117 cm³/mol. The molecule has 5 nitrogen and oxygen atoms in total. The van der Waals surface area contributed by atoms with Crippen molar-refractivity contribution in [3.05, 3.63) is 71.2 Å². The maximum absolute atomic E-state index is 12.8. The van der Waals surface area contributed by atoms with Crippen LogP contribution in [0.3, 0.4) is 0 Å². The Kier molecular flexibility index (Phi) is 5.76. The number of carbonyl (C=O) groups is 1. The third-order valence-corrected chi connectivity index (χ3v) is 5.68. The van der Waals surface area contributed by atoms with Crippen LogP contribution in [-0.4, -0.2) is 29.2 Å². The summed E-state index contributed by atoms with van der Waals surface area (Å²) in [5.41, 5.74) is 3.61. The lowest BCUT2D eigenvalue weighted by atomic mass is 9.97. The maximum Gasteiger partial charge on any atom is 0.229 e. The van der Waals surface area contributed by atoms with E-state index in [0.29, 0.717) is 11.6 Å². The number of hydrogen-bond acceptors (Lipinski definition) is 4. The Morgan fingerprint density at radius 2 is 1.93 bits per heavy atom. The molecule has 0 radical (unpaired) electrons. The molecule has 6 heteroatoms. The van der Waals surface area contributed by atoms with Crippen LogP contribution in [0.25, 0.3) is 11.3 Å². The topological polar surface area (TPSA) is 58.1 Å². The fraction of sp³-hybridized carbons (Fsp3) is 0.261. The first-order valence-electron chi connectivity index (χ1n) is 9.81. The van der Waals surface area contributed by atoms with Gasteiger partial charge < -0.3 is 10.2 Å². The maximum atomic E-state index is 12.8. The second kappa shape index (κ2) is 8.62. The summed E-state index contributed by atoms with van der Waals surface area (Å²) in [7, 11) is 0. The average Bonchev–Trinajstić information content (AvgIpc) is 2.77. The van der Waals surface area contributed by atoms with Gasteiger partial charge >= 0.3 is 0 Å². The van der Waals surface area contributed by atoms with E-state index < -0.39 is 0 Å². The SMILES string of the molecule is Cc1ccc(NC(=O)C2CCCN(c3ccc(-c4ccccc4)nn3)C2)cc1Cl. The molecule has 4 rings (SSSR count). The van der Waals surface area contributed by atoms with Crippen molar-refractivity contribution in [1.29, 1.82) is 0 Å². The van der Waals surface area contributed by atoms with Crippen molar-refractivity contribution in [2.24, 2.45) is 5.92 Å². The molecule has 1 amide bonds. The molecule has 0 saturated carbocycles. The number of piperidine rings is 1. The third-order valence-electron chi connectivity index (χ3n) is 5.28. The summed E-state index contributed by atoms with van der Waals surface area (Å²) in [6.07, 6.45) is 1.80. The molecule has 2 heterocycles. The standard InChI is InChI=1S/C23H23ClN4O/c1-16-9-10-19(14-20(16)24)25-23(29)18-8-5-13-28(15-18)22-12-11-21(26-27-22)17-6-3-2-4-7-17/h2-4,6-7,9-12,14,18H,5,8,13,15H2,1H3,(H,25,29). The van der Waals surface area contributed by atoms with Crippen LogP contribution in [0, 0.1) is 12.8 Å². The number of benzene rings is 2. The molecule has 1 atom stereocenters. The highest BCUT2D eigenvalue weighted by Crippen LogP contribution is 2.25. The number of amides is 1. The largest absolute Gasteiger partial charge is 0.354 e. The molecule has 1 aromatic heterocycles. The molecule has 29 heavy (non-hydrogen) atoms. The van der Waals surface area contributed by atoms with Crippen molar-refractivity contribution in [3.63, 3.8) is 0 Å². The Morgan fingerprint density at radius 3 is 2.66 bits per heavy atom. The smallest absolute Gasteiger partial charge is 0.229 e. The Bertz CT molecular complexity index is 992. The monoisotopic (exact) mass is 406 g/mol. The molecule has 1 aliphatic rings. The number of aryl methyl sites for hydroxylation is 1. The van der Waals surface area contributed by atoms with Crippen molar-refractivity contribution in [2.75, 3.05) is 23.3 Å². The fourth-order valence-corrected chi connectivity index (χ4v) is 3.75. The summed E-state index contributed by atoms with van der Waals surface area (Å²) in [5, 5.41) is 12.4. The molecule has 0 bridgehead atoms. The fourth-order valence-electron chi connectivity index (χ4n) is 3.57. The van der Waals surface area contributed by atoms with Crippen LogP contribution in [0.4, 0.5) is 11.5 Å². The predicted octanol–water partition coefficient (Wildman–Crippen LogP) is 4.96. The summed E-state index contributed by atoms with van der Waals surface area (Å²) >= 11 is 6.17. The number of anilines is 2. The quantitative estimate of drug-likeness (QED) is 0.665. The van der Waals surface area contributed by atoms with Crippen molar-refractivity contribution in [1.82, 2.24) is 10.2 Å². The van der Waals surface area contributed by atoms with Gasteiger partial charge in [-0.3, -0.25) is 4.79 Å². The van der Waals surface area contributed by atoms with Gasteiger partial charge in [0.05, 0.1) is 11.6 Å². The van der Waals surface area contributed by atoms with Gasteiger partial charge in [0.25, 0.3) is 0 Å². The van der Waals surface area contributed by atoms with Gasteiger partial charge in [0.2, 0.25) is 5.91 Å². The number of nitrogens with one attached hydrogen (secondary N) is 1. The zero-order valence-corrected chi connectivity index (χ0v) is 17.1. The Balaban J connectivity index is 1.42. The number of carbonyl (C=O) groups excluding carboxylic acids is 1. The molecule has 1 saturated heterocycles. The summed E-state index contributed by atoms with van der Waals surface area (Å²) < 4.78 is 0. The van der Waals surface area contributed by atoms with Gasteiger partial charge in [0.1, 0.15) is 0 Å². The Labute approximate surface area is 175 Å². The molecule has 148 valence electrons. The molecule has 3 aromatic rings. The molecular weight excluding hydrogens is 384 g/mol. The lowest BCUT2D eigenvalue weighted by molar-refractivity contribution is -0.120. The number of aromatic nitrogens is 2. The number of hydrogen-bond donors (Lipinski definition) is 1. The third kappa shape index (κ3) is 4.57. The van der Waals surface area contributed by atoms with E-state index in [2.05, 4.69) is 20.4 Å². The van der Waals surface area contributed by atoms with Crippen LogP contribution in [-0.2, 0) is 4.79 Å². The van der Waals surface area contributed by atoms with Crippen LogP contribution < -0.4 is 10.2 Å². The van der Waals surface area contributed by atoms with E-state index >= 15 is 0 Å². The molecule has 0 aliphatic carbocycles. The van der Waals surface area contributed by atoms with E-state index in [4.69, 9.17) is 11.6 Å². The van der Waals surface area contributed by atoms with Crippen LogP contribution in [0.15, 0.2) is 60.7 Å². The second-order valence-corrected chi connectivity index (χ2v) is 7.79. The minimum atomic E-state index is -0.0978. The van der Waals surface area contributed by atoms with Crippen molar-refractivity contribution < 1.29 is 4.79 Å². The van der Waals surface area contributed by atoms with Gasteiger partial charge in [0.15, 0.2) is 5.82 Å². The first-order chi connectivity index (χ1) is 14.1. The van der Waals surface area contributed by atoms with E-state index in [9.17, 15) is 4.79 Å². The van der Waals surface area contributed by atoms with Crippen LogP contribution in [0.5, 0.6) is 0 Å². The van der Waals surface area contributed by atoms with Crippen LogP contribution >= 0.6 is 11.6 Å². The van der Waals surface area contributed by atoms with Crippen LogP contribution in [0.2, 0.25) is 5.02 Å². The molecule has 0 spiro atoms. The summed E-state index contributed by atoms with van der Waals surface area (Å²) in [5.74, 6) is 0.725. The highest BCUT2D eigenvalue weighted by atomic mass is 35.5. The molecule has 1 N–H and O–H groups in total. The number of nitrogens with zero attached hydrogens (tertiary/aromatic N) is 3. The lowest BCUT2D eigenvalue weighted by Gasteiger charge is -2.32. The van der Waals surface area contributed by atoms with Gasteiger partial charge in [0, 0.05) is 29.4 Å². The Morgan fingerprint density at radius 1 is 1.10 bits per heavy atom. The molecule has 1 unspecified atom stereocenters. The van der Waals surface area contributed by atoms with E-state index in [1.165, 1.54) is 0 Å². The molecule has 1 fully saturated rings. The zero-order chi connectivity index (χ0) is 20.2. The van der Waals surface area contributed by atoms with Gasteiger partial charge in [-0.15, -0.1) is 10.2 Å². The van der Waals surface area contributed by atoms with Gasteiger partial charge in [-0.05, 0) is 49.6 Å². The van der Waals surface area contributed by atoms with Crippen molar-refractivity contribution in [3.8, 4) is 11.3 Å². The van der Waals surface area contributed by atoms with Gasteiger partial charge in [-0.25, -0.2) is 0 Å². The normalized spacial score (nSPS) is 16.5. The summed E-state index contributed by atoms with van der Waals surface area (Å²) in [6.45, 7) is 3.45. The highest BCUT2D eigenvalue weighted by Gasteiger charge is 2.27. The summed E-state index contributed by atoms with van der Waals surface area (Å²) in [6, 6.07) is 19.5. The van der Waals surface area contributed by atoms with E-state index in [1.54, 1.807) is 6.07 Å². The van der Waals surface area contributed by atoms with Crippen molar-refractivity contribution >= 4 is 29.0 Å². The molecule has 2 aromatic carbocycles. The van der Waals surface area contributed by atoms with E-state index in [-0.39, 0.29) is 11.8 Å². The minimum Gasteiger partial charge on any atom is -0.354 e. The second-order valence-electron chi connectivity index (χ2n) is 7.38. The van der Waals surface area contributed by atoms with Gasteiger partial charge in [-0.2, -0.15) is 0 Å². The van der Waals surface area contributed by atoms with Crippen LogP contribution in [0.1, 0.15) is 18.4 Å². The zero-order valence-electron chi connectivity index (χ0n) is 16.3. The first-order valence-corrected chi connectivity index (χ1v) is 10.2. The average molecular weight is 407 g/mol. The lowest BCUT2D eigenvalue weighted by Crippen LogP contribution is -2.41. The first kappa shape index (κ1) is 19.4. The molecular formula is C23H23ClN4O. The summed E-state index contributed by atoms with van der Waals surface area (Å²) in [4.78, 5) is 14.9. The van der Waals surface area contributed by atoms with E-state index in [1.807, 2.05) is 61.5 Å². The van der Waals surface area contributed by atoms with Crippen molar-refractivity contribution in [2.45, 2.75) is 19.8 Å². The molecule has 1 aliphatic heterocycles. The minimum absolute atomic E-state index is 0.0171. The number of halogens is 1.